The predicted octanol–water partition coefficient (Wildman–Crippen LogP) is 2.18. The van der Waals surface area contributed by atoms with Crippen LogP contribution in [0.3, 0.4) is 0 Å². The second kappa shape index (κ2) is 10.8. The second-order valence-corrected chi connectivity index (χ2v) is 8.57. The zero-order valence-corrected chi connectivity index (χ0v) is 19.0. The standard InChI is InChI=1S/C21H27N3O6S/c1-6-30-19-9-7-16(12-20(19)29-5)13-22-23-21(25)14-24(3)31(26,27)17-8-10-18(28-4)15(2)11-17/h7-13H,6,14H2,1-5H3,(H,23,25)/b22-13+. The van der Waals surface area contributed by atoms with E-state index in [-0.39, 0.29) is 4.90 Å². The molecule has 9 nitrogen and oxygen atoms in total. The lowest BCUT2D eigenvalue weighted by Gasteiger charge is -2.17. The van der Waals surface area contributed by atoms with E-state index in [0.29, 0.717) is 35.0 Å². The number of hydrogen-bond acceptors (Lipinski definition) is 7. The van der Waals surface area contributed by atoms with Crippen LogP contribution in [-0.2, 0) is 14.8 Å². The highest BCUT2D eigenvalue weighted by Gasteiger charge is 2.23. The first kappa shape index (κ1) is 24.2. The van der Waals surface area contributed by atoms with Crippen LogP contribution in [0.5, 0.6) is 17.2 Å². The fraction of sp³-hybridized carbons (Fsp3) is 0.333. The molecule has 0 spiro atoms. The van der Waals surface area contributed by atoms with E-state index in [1.807, 2.05) is 6.92 Å². The first-order valence-corrected chi connectivity index (χ1v) is 10.9. The minimum absolute atomic E-state index is 0.0751. The van der Waals surface area contributed by atoms with Crippen LogP contribution in [0.15, 0.2) is 46.4 Å². The largest absolute Gasteiger partial charge is 0.496 e. The van der Waals surface area contributed by atoms with Crippen LogP contribution in [0.1, 0.15) is 18.1 Å². The minimum Gasteiger partial charge on any atom is -0.496 e. The van der Waals surface area contributed by atoms with Gasteiger partial charge in [0.05, 0.1) is 38.5 Å². The number of aryl methyl sites for hydroxylation is 1. The molecule has 10 heteroatoms. The van der Waals surface area contributed by atoms with E-state index in [2.05, 4.69) is 10.5 Å². The third-order valence-corrected chi connectivity index (χ3v) is 6.13. The van der Waals surface area contributed by atoms with Crippen molar-refractivity contribution in [1.82, 2.24) is 9.73 Å². The predicted molar refractivity (Wildman–Crippen MR) is 117 cm³/mol. The highest BCUT2D eigenvalue weighted by molar-refractivity contribution is 7.89. The van der Waals surface area contributed by atoms with Gasteiger partial charge < -0.3 is 14.2 Å². The lowest BCUT2D eigenvalue weighted by Crippen LogP contribution is -2.36. The Morgan fingerprint density at radius 3 is 2.39 bits per heavy atom. The van der Waals surface area contributed by atoms with Crippen molar-refractivity contribution in [2.24, 2.45) is 5.10 Å². The van der Waals surface area contributed by atoms with Crippen molar-refractivity contribution in [3.63, 3.8) is 0 Å². The Kier molecular flexibility index (Phi) is 8.40. The van der Waals surface area contributed by atoms with Gasteiger partial charge >= 0.3 is 0 Å². The van der Waals surface area contributed by atoms with Crippen molar-refractivity contribution in [3.8, 4) is 17.2 Å². The number of sulfonamides is 1. The van der Waals surface area contributed by atoms with Crippen LogP contribution in [0.4, 0.5) is 0 Å². The van der Waals surface area contributed by atoms with Gasteiger partial charge in [-0.15, -0.1) is 0 Å². The van der Waals surface area contributed by atoms with Gasteiger partial charge in [-0.3, -0.25) is 4.79 Å². The van der Waals surface area contributed by atoms with E-state index >= 15 is 0 Å². The third kappa shape index (κ3) is 6.19. The number of nitrogens with one attached hydrogen (secondary N) is 1. The van der Waals surface area contributed by atoms with Crippen molar-refractivity contribution in [2.45, 2.75) is 18.7 Å². The summed E-state index contributed by atoms with van der Waals surface area (Å²) in [5.74, 6) is 1.15. The number of hydrazone groups is 1. The molecule has 1 amide bonds. The van der Waals surface area contributed by atoms with Crippen molar-refractivity contribution >= 4 is 22.1 Å². The van der Waals surface area contributed by atoms with Gasteiger partial charge in [-0.2, -0.15) is 9.41 Å². The fourth-order valence-electron chi connectivity index (χ4n) is 2.73. The van der Waals surface area contributed by atoms with Crippen LogP contribution in [-0.4, -0.2) is 59.3 Å². The number of likely N-dealkylation sites (N-methyl/N-ethyl adjacent to an activating group) is 1. The van der Waals surface area contributed by atoms with E-state index in [0.717, 1.165) is 4.31 Å². The van der Waals surface area contributed by atoms with Gasteiger partial charge in [0.15, 0.2) is 11.5 Å². The van der Waals surface area contributed by atoms with Crippen LogP contribution in [0.2, 0.25) is 0 Å². The summed E-state index contributed by atoms with van der Waals surface area (Å²) in [6.45, 7) is 3.73. The molecule has 1 N–H and O–H groups in total. The Hall–Kier alpha value is -3.11. The number of amides is 1. The van der Waals surface area contributed by atoms with Crippen molar-refractivity contribution < 1.29 is 27.4 Å². The molecule has 0 aliphatic carbocycles. The number of hydrogen-bond donors (Lipinski definition) is 1. The highest BCUT2D eigenvalue weighted by atomic mass is 32.2. The Labute approximate surface area is 182 Å². The van der Waals surface area contributed by atoms with Crippen LogP contribution >= 0.6 is 0 Å². The normalized spacial score (nSPS) is 11.5. The number of carbonyl (C=O) groups is 1. The smallest absolute Gasteiger partial charge is 0.255 e. The second-order valence-electron chi connectivity index (χ2n) is 6.53. The molecule has 0 unspecified atom stereocenters. The first-order chi connectivity index (χ1) is 14.7. The van der Waals surface area contributed by atoms with Crippen LogP contribution in [0.25, 0.3) is 0 Å². The van der Waals surface area contributed by atoms with Crippen molar-refractivity contribution in [2.75, 3.05) is 34.4 Å². The summed E-state index contributed by atoms with van der Waals surface area (Å²) in [5, 5.41) is 3.88. The van der Waals surface area contributed by atoms with E-state index in [9.17, 15) is 13.2 Å². The minimum atomic E-state index is -3.84. The quantitative estimate of drug-likeness (QED) is 0.440. The summed E-state index contributed by atoms with van der Waals surface area (Å²) < 4.78 is 42.2. The van der Waals surface area contributed by atoms with E-state index < -0.39 is 22.5 Å². The Morgan fingerprint density at radius 2 is 1.77 bits per heavy atom. The molecule has 0 heterocycles. The van der Waals surface area contributed by atoms with Crippen LogP contribution < -0.4 is 19.6 Å². The molecule has 0 atom stereocenters. The number of nitrogens with zero attached hydrogens (tertiary/aromatic N) is 2. The lowest BCUT2D eigenvalue weighted by atomic mass is 10.2. The summed E-state index contributed by atoms with van der Waals surface area (Å²) in [4.78, 5) is 12.2. The van der Waals surface area contributed by atoms with Gasteiger partial charge in [0.2, 0.25) is 10.0 Å². The van der Waals surface area contributed by atoms with Crippen molar-refractivity contribution in [1.29, 1.82) is 0 Å². The molecule has 0 saturated heterocycles. The van der Waals surface area contributed by atoms with E-state index in [1.165, 1.54) is 39.6 Å². The molecule has 2 aromatic carbocycles. The molecule has 0 aliphatic heterocycles. The molecule has 168 valence electrons. The maximum atomic E-state index is 12.7. The molecule has 2 rings (SSSR count). The monoisotopic (exact) mass is 449 g/mol. The lowest BCUT2D eigenvalue weighted by molar-refractivity contribution is -0.121. The molecular weight excluding hydrogens is 422 g/mol. The molecule has 2 aromatic rings. The van der Waals surface area contributed by atoms with Gasteiger partial charge in [0.1, 0.15) is 5.75 Å². The van der Waals surface area contributed by atoms with Gasteiger partial charge in [-0.25, -0.2) is 13.8 Å². The molecule has 0 radical (unpaired) electrons. The Balaban J connectivity index is 2.01. The summed E-state index contributed by atoms with van der Waals surface area (Å²) in [7, 11) is 0.525. The molecule has 0 aliphatic rings. The third-order valence-electron chi connectivity index (χ3n) is 4.33. The average Bonchev–Trinajstić information content (AvgIpc) is 2.74. The average molecular weight is 450 g/mol. The molecule has 0 aromatic heterocycles. The maximum Gasteiger partial charge on any atom is 0.255 e. The molecule has 0 fully saturated rings. The van der Waals surface area contributed by atoms with E-state index in [1.54, 1.807) is 31.2 Å². The number of rotatable bonds is 10. The molecular formula is C21H27N3O6S. The zero-order chi connectivity index (χ0) is 23.0. The molecule has 31 heavy (non-hydrogen) atoms. The summed E-state index contributed by atoms with van der Waals surface area (Å²) in [6, 6.07) is 9.72. The SMILES string of the molecule is CCOc1ccc(/C=N/NC(=O)CN(C)S(=O)(=O)c2ccc(OC)c(C)c2)cc1OC. The first-order valence-electron chi connectivity index (χ1n) is 9.46. The van der Waals surface area contributed by atoms with E-state index in [4.69, 9.17) is 14.2 Å². The number of ether oxygens (including phenoxy) is 3. The molecule has 0 bridgehead atoms. The summed E-state index contributed by atoms with van der Waals surface area (Å²) in [6.07, 6.45) is 1.43. The number of benzene rings is 2. The fourth-order valence-corrected chi connectivity index (χ4v) is 3.94. The molecule has 0 saturated carbocycles. The van der Waals surface area contributed by atoms with Crippen molar-refractivity contribution in [3.05, 3.63) is 47.5 Å². The zero-order valence-electron chi connectivity index (χ0n) is 18.2. The Morgan fingerprint density at radius 1 is 1.10 bits per heavy atom. The van der Waals surface area contributed by atoms with Gasteiger partial charge in [0, 0.05) is 7.05 Å². The summed E-state index contributed by atoms with van der Waals surface area (Å²) in [5.41, 5.74) is 3.68. The highest BCUT2D eigenvalue weighted by Crippen LogP contribution is 2.27. The van der Waals surface area contributed by atoms with Gasteiger partial charge in [-0.05, 0) is 61.4 Å². The Bertz CT molecular complexity index is 1050. The maximum absolute atomic E-state index is 12.7. The number of carbonyl (C=O) groups excluding carboxylic acids is 1. The van der Waals surface area contributed by atoms with Gasteiger partial charge in [-0.1, -0.05) is 0 Å². The summed E-state index contributed by atoms with van der Waals surface area (Å²) >= 11 is 0. The topological polar surface area (TPSA) is 107 Å². The number of methoxy groups -OCH3 is 2. The van der Waals surface area contributed by atoms with Gasteiger partial charge in [0.25, 0.3) is 5.91 Å². The van der Waals surface area contributed by atoms with Crippen LogP contribution in [0, 0.1) is 6.92 Å².